The van der Waals surface area contributed by atoms with Crippen LogP contribution in [0.25, 0.3) is 10.8 Å². The SMILES string of the molecule is CCCCCCNC(=O)Oc1cc(OCCC)c(OC(=O)NCCCCCC)c2ccccc12. The number of hydrogen-bond acceptors (Lipinski definition) is 5. The Labute approximate surface area is 203 Å². The number of unbranched alkanes of at least 4 members (excludes halogenated alkanes) is 6. The van der Waals surface area contributed by atoms with Crippen molar-refractivity contribution in [3.8, 4) is 17.2 Å². The van der Waals surface area contributed by atoms with E-state index in [1.54, 1.807) is 6.07 Å². The molecular formula is C27H40N2O5. The van der Waals surface area contributed by atoms with Gasteiger partial charge in [0.25, 0.3) is 0 Å². The molecule has 0 saturated heterocycles. The van der Waals surface area contributed by atoms with Crippen LogP contribution in [0, 0.1) is 0 Å². The third-order valence-corrected chi connectivity index (χ3v) is 5.38. The quantitative estimate of drug-likeness (QED) is 0.274. The molecule has 0 spiro atoms. The number of benzene rings is 2. The van der Waals surface area contributed by atoms with Gasteiger partial charge in [0.05, 0.1) is 6.61 Å². The molecule has 188 valence electrons. The second-order valence-corrected chi connectivity index (χ2v) is 8.35. The van der Waals surface area contributed by atoms with E-state index in [1.807, 2.05) is 31.2 Å². The number of fused-ring (bicyclic) bond motifs is 1. The summed E-state index contributed by atoms with van der Waals surface area (Å²) in [6.07, 6.45) is 8.27. The van der Waals surface area contributed by atoms with Gasteiger partial charge in [-0.3, -0.25) is 0 Å². The average Bonchev–Trinajstić information content (AvgIpc) is 2.84. The first kappa shape index (κ1) is 27.3. The van der Waals surface area contributed by atoms with Crippen molar-refractivity contribution in [2.24, 2.45) is 0 Å². The van der Waals surface area contributed by atoms with Gasteiger partial charge in [0.2, 0.25) is 0 Å². The molecule has 0 atom stereocenters. The molecule has 0 aliphatic carbocycles. The van der Waals surface area contributed by atoms with Crippen LogP contribution in [0.2, 0.25) is 0 Å². The van der Waals surface area contributed by atoms with Crippen LogP contribution in [0.5, 0.6) is 17.2 Å². The molecular weight excluding hydrogens is 432 g/mol. The third kappa shape index (κ3) is 9.12. The highest BCUT2D eigenvalue weighted by Gasteiger charge is 2.20. The lowest BCUT2D eigenvalue weighted by Gasteiger charge is -2.17. The molecule has 2 amide bonds. The molecule has 0 aliphatic heterocycles. The second kappa shape index (κ2) is 15.8. The predicted molar refractivity (Wildman–Crippen MR) is 136 cm³/mol. The van der Waals surface area contributed by atoms with E-state index in [-0.39, 0.29) is 0 Å². The second-order valence-electron chi connectivity index (χ2n) is 8.35. The Balaban J connectivity index is 2.18. The zero-order valence-electron chi connectivity index (χ0n) is 20.9. The monoisotopic (exact) mass is 472 g/mol. The summed E-state index contributed by atoms with van der Waals surface area (Å²) in [6, 6.07) is 8.98. The van der Waals surface area contributed by atoms with Crippen LogP contribution in [-0.2, 0) is 0 Å². The van der Waals surface area contributed by atoms with Crippen LogP contribution in [0.15, 0.2) is 30.3 Å². The zero-order chi connectivity index (χ0) is 24.6. The predicted octanol–water partition coefficient (Wildman–Crippen LogP) is 6.97. The minimum atomic E-state index is -0.526. The van der Waals surface area contributed by atoms with E-state index in [0.29, 0.717) is 47.7 Å². The number of nitrogens with one attached hydrogen (secondary N) is 2. The molecule has 2 rings (SSSR count). The van der Waals surface area contributed by atoms with Crippen molar-refractivity contribution in [2.75, 3.05) is 19.7 Å². The molecule has 34 heavy (non-hydrogen) atoms. The van der Waals surface area contributed by atoms with Crippen LogP contribution >= 0.6 is 0 Å². The van der Waals surface area contributed by atoms with Gasteiger partial charge in [-0.05, 0) is 19.3 Å². The fourth-order valence-electron chi connectivity index (χ4n) is 3.55. The van der Waals surface area contributed by atoms with E-state index >= 15 is 0 Å². The number of carbonyl (C=O) groups excluding carboxylic acids is 2. The maximum atomic E-state index is 12.5. The van der Waals surface area contributed by atoms with Gasteiger partial charge in [-0.2, -0.15) is 0 Å². The van der Waals surface area contributed by atoms with Crippen LogP contribution in [-0.4, -0.2) is 31.9 Å². The van der Waals surface area contributed by atoms with E-state index < -0.39 is 12.2 Å². The molecule has 2 N–H and O–H groups in total. The van der Waals surface area contributed by atoms with E-state index in [1.165, 1.54) is 0 Å². The van der Waals surface area contributed by atoms with Crippen LogP contribution in [0.4, 0.5) is 9.59 Å². The minimum Gasteiger partial charge on any atom is -0.490 e. The highest BCUT2D eigenvalue weighted by molar-refractivity contribution is 5.98. The Morgan fingerprint density at radius 2 is 1.29 bits per heavy atom. The van der Waals surface area contributed by atoms with Gasteiger partial charge < -0.3 is 24.8 Å². The first-order valence-corrected chi connectivity index (χ1v) is 12.7. The third-order valence-electron chi connectivity index (χ3n) is 5.38. The Morgan fingerprint density at radius 1 is 0.706 bits per heavy atom. The summed E-state index contributed by atoms with van der Waals surface area (Å²) >= 11 is 0. The Morgan fingerprint density at radius 3 is 1.88 bits per heavy atom. The summed E-state index contributed by atoms with van der Waals surface area (Å²) in [7, 11) is 0. The van der Waals surface area contributed by atoms with Crippen LogP contribution in [0.1, 0.15) is 78.6 Å². The van der Waals surface area contributed by atoms with Gasteiger partial charge in [-0.15, -0.1) is 0 Å². The normalized spacial score (nSPS) is 10.7. The summed E-state index contributed by atoms with van der Waals surface area (Å²) in [4.78, 5) is 24.9. The number of rotatable bonds is 15. The van der Waals surface area contributed by atoms with Gasteiger partial charge in [0.15, 0.2) is 11.5 Å². The summed E-state index contributed by atoms with van der Waals surface area (Å²) in [5.41, 5.74) is 0. The molecule has 0 fully saturated rings. The van der Waals surface area contributed by atoms with Crippen molar-refractivity contribution in [1.29, 1.82) is 0 Å². The topological polar surface area (TPSA) is 85.9 Å². The van der Waals surface area contributed by atoms with E-state index in [0.717, 1.165) is 57.8 Å². The van der Waals surface area contributed by atoms with Gasteiger partial charge >= 0.3 is 12.2 Å². The highest BCUT2D eigenvalue weighted by atomic mass is 16.6. The van der Waals surface area contributed by atoms with Crippen LogP contribution in [0.3, 0.4) is 0 Å². The van der Waals surface area contributed by atoms with Gasteiger partial charge in [0, 0.05) is 29.9 Å². The largest absolute Gasteiger partial charge is 0.490 e. The molecule has 0 saturated carbocycles. The standard InChI is InChI=1S/C27H40N2O5/c1-4-7-9-13-17-28-26(30)33-23-20-24(32-19-6-3)25(22-16-12-11-15-21(22)23)34-27(31)29-18-14-10-8-5-2/h11-12,15-16,20H,4-10,13-14,17-19H2,1-3H3,(H,28,30)(H,29,31). The minimum absolute atomic E-state index is 0.322. The smallest absolute Gasteiger partial charge is 0.412 e. The molecule has 2 aromatic rings. The molecule has 0 bridgehead atoms. The lowest BCUT2D eigenvalue weighted by atomic mass is 10.1. The average molecular weight is 473 g/mol. The molecule has 7 nitrogen and oxygen atoms in total. The molecule has 0 radical (unpaired) electrons. The van der Waals surface area contributed by atoms with Crippen molar-refractivity contribution >= 4 is 23.0 Å². The van der Waals surface area contributed by atoms with Crippen LogP contribution < -0.4 is 24.8 Å². The van der Waals surface area contributed by atoms with E-state index in [9.17, 15) is 9.59 Å². The summed E-state index contributed by atoms with van der Waals surface area (Å²) in [5.74, 6) is 1.05. The maximum absolute atomic E-state index is 12.5. The number of carbonyl (C=O) groups is 2. The Kier molecular flexibility index (Phi) is 12.7. The first-order valence-electron chi connectivity index (χ1n) is 12.7. The zero-order valence-corrected chi connectivity index (χ0v) is 20.9. The summed E-state index contributed by atoms with van der Waals surface area (Å²) in [5, 5.41) is 6.92. The molecule has 0 aromatic heterocycles. The van der Waals surface area contributed by atoms with Crippen molar-refractivity contribution in [3.63, 3.8) is 0 Å². The van der Waals surface area contributed by atoms with Gasteiger partial charge in [0.1, 0.15) is 5.75 Å². The highest BCUT2D eigenvalue weighted by Crippen LogP contribution is 2.42. The molecule has 2 aromatic carbocycles. The Bertz CT molecular complexity index is 900. The lowest BCUT2D eigenvalue weighted by molar-refractivity contribution is 0.195. The molecule has 0 heterocycles. The number of amides is 2. The molecule has 7 heteroatoms. The molecule has 0 unspecified atom stereocenters. The van der Waals surface area contributed by atoms with Crippen molar-refractivity contribution < 1.29 is 23.8 Å². The molecule has 0 aliphatic rings. The first-order chi connectivity index (χ1) is 16.6. The lowest BCUT2D eigenvalue weighted by Crippen LogP contribution is -2.28. The summed E-state index contributed by atoms with van der Waals surface area (Å²) in [6.45, 7) is 7.85. The fraction of sp³-hybridized carbons (Fsp3) is 0.556. The summed E-state index contributed by atoms with van der Waals surface area (Å²) < 4.78 is 17.2. The van der Waals surface area contributed by atoms with E-state index in [4.69, 9.17) is 14.2 Å². The van der Waals surface area contributed by atoms with Gasteiger partial charge in [-0.25, -0.2) is 9.59 Å². The number of hydrogen-bond donors (Lipinski definition) is 2. The Hall–Kier alpha value is -2.96. The van der Waals surface area contributed by atoms with Crippen molar-refractivity contribution in [1.82, 2.24) is 10.6 Å². The van der Waals surface area contributed by atoms with Gasteiger partial charge in [-0.1, -0.05) is 83.6 Å². The number of ether oxygens (including phenoxy) is 3. The fourth-order valence-corrected chi connectivity index (χ4v) is 3.55. The maximum Gasteiger partial charge on any atom is 0.412 e. The van der Waals surface area contributed by atoms with Crippen molar-refractivity contribution in [3.05, 3.63) is 30.3 Å². The van der Waals surface area contributed by atoms with Crippen molar-refractivity contribution in [2.45, 2.75) is 78.6 Å². The van der Waals surface area contributed by atoms with E-state index in [2.05, 4.69) is 24.5 Å².